The number of halogens is 2. The number of allylic oxidation sites excluding steroid dienone is 4. The monoisotopic (exact) mass is 500 g/mol. The fourth-order valence-electron chi connectivity index (χ4n) is 7.08. The Hall–Kier alpha value is -3.22. The minimum Gasteiger partial charge on any atom is -0.393 e. The maximum absolute atomic E-state index is 16.0. The van der Waals surface area contributed by atoms with Gasteiger partial charge in [0.05, 0.1) is 11.3 Å². The summed E-state index contributed by atoms with van der Waals surface area (Å²) in [5, 5.41) is 4.85. The second-order valence-corrected chi connectivity index (χ2v) is 11.2. The van der Waals surface area contributed by atoms with Crippen molar-refractivity contribution in [2.24, 2.45) is 11.0 Å². The van der Waals surface area contributed by atoms with Crippen LogP contribution in [-0.2, 0) is 0 Å². The van der Waals surface area contributed by atoms with E-state index in [1.807, 2.05) is 26.0 Å². The molecule has 37 heavy (non-hydrogen) atoms. The Labute approximate surface area is 218 Å². The normalized spacial score (nSPS) is 23.1. The molecule has 1 atom stereocenters. The summed E-state index contributed by atoms with van der Waals surface area (Å²) in [7, 11) is 0. The van der Waals surface area contributed by atoms with Crippen molar-refractivity contribution in [3.05, 3.63) is 87.0 Å². The van der Waals surface area contributed by atoms with Gasteiger partial charge in [0.15, 0.2) is 5.70 Å². The third-order valence-electron chi connectivity index (χ3n) is 8.65. The predicted molar refractivity (Wildman–Crippen MR) is 148 cm³/mol. The maximum atomic E-state index is 16.0. The second kappa shape index (κ2) is 8.68. The lowest BCUT2D eigenvalue weighted by Crippen LogP contribution is -2.51. The van der Waals surface area contributed by atoms with Crippen molar-refractivity contribution in [3.63, 3.8) is 0 Å². The van der Waals surface area contributed by atoms with E-state index in [1.54, 1.807) is 13.8 Å². The summed E-state index contributed by atoms with van der Waals surface area (Å²) in [6.07, 6.45) is 9.06. The fraction of sp³-hybridized carbons (Fsp3) is 0.400. The van der Waals surface area contributed by atoms with E-state index in [4.69, 9.17) is 5.10 Å². The zero-order valence-electron chi connectivity index (χ0n) is 22.5. The van der Waals surface area contributed by atoms with Gasteiger partial charge in [0.25, 0.3) is 0 Å². The minimum atomic E-state index is -3.98. The number of hydrogen-bond donors (Lipinski definition) is 1. The number of aryl methyl sites for hydroxylation is 2. The molecule has 3 aliphatic heterocycles. The van der Waals surface area contributed by atoms with E-state index in [0.717, 1.165) is 46.4 Å². The molecule has 0 radical (unpaired) electrons. The maximum Gasteiger partial charge on any atom is 0.737 e. The standard InChI is InChI=1S/C30H35BF2N4/c1-18-15-20(3)36-29(18)27(30-19(2)16-21(4)37(30)31(36,32)33)23-11-10-12-24(17-23)28-26-14-9-7-6-8-13-25(26)22(5)34-35-28/h10-12,15-17,26,34H,6-9,13-14H2,1-5H3. The lowest BCUT2D eigenvalue weighted by atomic mass is 9.79. The number of aromatic nitrogens is 1. The highest BCUT2D eigenvalue weighted by molar-refractivity contribution is 6.58. The molecule has 6 rings (SSSR count). The molecule has 192 valence electrons. The van der Waals surface area contributed by atoms with Crippen molar-refractivity contribution in [1.29, 1.82) is 0 Å². The van der Waals surface area contributed by atoms with Gasteiger partial charge < -0.3 is 17.6 Å². The summed E-state index contributed by atoms with van der Waals surface area (Å²) >= 11 is 0. The third-order valence-corrected chi connectivity index (χ3v) is 8.65. The summed E-state index contributed by atoms with van der Waals surface area (Å²) < 4.78 is 34.6. The molecule has 1 fully saturated rings. The van der Waals surface area contributed by atoms with Gasteiger partial charge in [-0.1, -0.05) is 37.5 Å². The number of benzene rings is 1. The highest BCUT2D eigenvalue weighted by Crippen LogP contribution is 2.44. The van der Waals surface area contributed by atoms with Gasteiger partial charge in [0.1, 0.15) is 5.71 Å². The molecule has 1 unspecified atom stereocenters. The number of nitrogens with one attached hydrogen (secondary N) is 1. The Bertz CT molecular complexity index is 1480. The lowest BCUT2D eigenvalue weighted by molar-refractivity contribution is -0.363. The van der Waals surface area contributed by atoms with Crippen LogP contribution in [-0.4, -0.2) is 27.4 Å². The molecule has 1 aromatic heterocycles. The van der Waals surface area contributed by atoms with Crippen LogP contribution >= 0.6 is 0 Å². The molecule has 0 saturated heterocycles. The molecule has 4 aliphatic rings. The van der Waals surface area contributed by atoms with E-state index in [-0.39, 0.29) is 0 Å². The van der Waals surface area contributed by atoms with Gasteiger partial charge in [0, 0.05) is 35.9 Å². The molecule has 4 heterocycles. The van der Waals surface area contributed by atoms with Gasteiger partial charge in [-0.2, -0.15) is 5.10 Å². The molecule has 1 aliphatic carbocycles. The van der Waals surface area contributed by atoms with Crippen LogP contribution in [0.3, 0.4) is 0 Å². The molecule has 0 amide bonds. The largest absolute Gasteiger partial charge is 0.737 e. The van der Waals surface area contributed by atoms with Crippen LogP contribution in [0.15, 0.2) is 64.0 Å². The van der Waals surface area contributed by atoms with E-state index >= 15 is 8.63 Å². The van der Waals surface area contributed by atoms with E-state index in [1.165, 1.54) is 45.9 Å². The summed E-state index contributed by atoms with van der Waals surface area (Å²) in [4.78, 5) is 0. The average molecular weight is 500 g/mol. The highest BCUT2D eigenvalue weighted by Gasteiger charge is 2.55. The van der Waals surface area contributed by atoms with Crippen LogP contribution < -0.4 is 5.43 Å². The van der Waals surface area contributed by atoms with E-state index in [2.05, 4.69) is 36.6 Å². The third kappa shape index (κ3) is 3.61. The van der Waals surface area contributed by atoms with Gasteiger partial charge in [-0.15, -0.1) is 0 Å². The van der Waals surface area contributed by atoms with Crippen molar-refractivity contribution in [2.75, 3.05) is 0 Å². The Kier molecular flexibility index (Phi) is 5.66. The summed E-state index contributed by atoms with van der Waals surface area (Å²) in [6.45, 7) is 5.61. The first-order chi connectivity index (χ1) is 17.7. The Morgan fingerprint density at radius 2 is 1.76 bits per heavy atom. The van der Waals surface area contributed by atoms with Crippen molar-refractivity contribution < 1.29 is 13.1 Å². The molecular weight excluding hydrogens is 465 g/mol. The number of rotatable bonds is 2. The van der Waals surface area contributed by atoms with Crippen LogP contribution in [0.4, 0.5) is 8.63 Å². The van der Waals surface area contributed by atoms with Crippen LogP contribution in [0, 0.1) is 19.8 Å². The van der Waals surface area contributed by atoms with Gasteiger partial charge in [-0.25, -0.2) is 0 Å². The molecule has 0 bridgehead atoms. The topological polar surface area (TPSA) is 32.3 Å². The van der Waals surface area contributed by atoms with Gasteiger partial charge >= 0.3 is 6.97 Å². The number of hydrazone groups is 1. The van der Waals surface area contributed by atoms with Crippen molar-refractivity contribution >= 4 is 24.0 Å². The first-order valence-electron chi connectivity index (χ1n) is 13.6. The van der Waals surface area contributed by atoms with E-state index < -0.39 is 6.97 Å². The van der Waals surface area contributed by atoms with Gasteiger partial charge in [0.2, 0.25) is 0 Å². The van der Waals surface area contributed by atoms with Crippen LogP contribution in [0.5, 0.6) is 0 Å². The molecule has 4 nitrogen and oxygen atoms in total. The predicted octanol–water partition coefficient (Wildman–Crippen LogP) is 7.09. The number of hydrogen-bond acceptors (Lipinski definition) is 2. The fourth-order valence-corrected chi connectivity index (χ4v) is 7.08. The van der Waals surface area contributed by atoms with Gasteiger partial charge in [-0.05, 0) is 87.0 Å². The molecular formula is C30H35BF2N4. The second-order valence-electron chi connectivity index (χ2n) is 11.2. The van der Waals surface area contributed by atoms with Crippen molar-refractivity contribution in [3.8, 4) is 0 Å². The van der Waals surface area contributed by atoms with Crippen molar-refractivity contribution in [1.82, 2.24) is 9.90 Å². The summed E-state index contributed by atoms with van der Waals surface area (Å²) in [5.41, 5.74) is 14.1. The molecule has 1 aromatic carbocycles. The van der Waals surface area contributed by atoms with Crippen LogP contribution in [0.25, 0.3) is 5.57 Å². The molecule has 2 aromatic rings. The highest BCUT2D eigenvalue weighted by atomic mass is 19.2. The number of fused-ring (bicyclic) bond motifs is 3. The molecule has 1 N–H and O–H groups in total. The Morgan fingerprint density at radius 1 is 1.00 bits per heavy atom. The molecule has 1 saturated carbocycles. The quantitative estimate of drug-likeness (QED) is 0.439. The zero-order valence-corrected chi connectivity index (χ0v) is 22.5. The average Bonchev–Trinajstić information content (AvgIpc) is 3.30. The Morgan fingerprint density at radius 3 is 2.57 bits per heavy atom. The number of nitrogens with zero attached hydrogens (tertiary/aromatic N) is 3. The SMILES string of the molecule is CC1=CC(C)=[N+]2C1=C(c1cccc(C3=NNC(C)=C4CCCCCCC34)c1)c1c(C)cc(C)n1[B-]2(F)F. The van der Waals surface area contributed by atoms with Gasteiger partial charge in [-0.3, -0.25) is 5.43 Å². The first kappa shape index (κ1) is 24.1. The molecule has 0 spiro atoms. The summed E-state index contributed by atoms with van der Waals surface area (Å²) in [6, 6.07) is 10.3. The van der Waals surface area contributed by atoms with E-state index in [0.29, 0.717) is 28.7 Å². The van der Waals surface area contributed by atoms with Crippen LogP contribution in [0.2, 0.25) is 0 Å². The molecule has 7 heteroatoms. The van der Waals surface area contributed by atoms with E-state index in [9.17, 15) is 0 Å². The Balaban J connectivity index is 1.53. The smallest absolute Gasteiger partial charge is 0.393 e. The van der Waals surface area contributed by atoms with Crippen molar-refractivity contribution in [2.45, 2.75) is 73.1 Å². The lowest BCUT2D eigenvalue weighted by Gasteiger charge is -2.34. The first-order valence-corrected chi connectivity index (χ1v) is 13.6. The zero-order chi connectivity index (χ0) is 26.1. The van der Waals surface area contributed by atoms with Crippen LogP contribution in [0.1, 0.15) is 87.4 Å². The minimum absolute atomic E-state index is 0.307. The summed E-state index contributed by atoms with van der Waals surface area (Å²) in [5.74, 6) is 0.307.